The molecule has 1 N–H and O–H groups in total. The maximum atomic E-state index is 14.1. The van der Waals surface area contributed by atoms with E-state index in [0.717, 1.165) is 10.5 Å². The second kappa shape index (κ2) is 9.89. The third kappa shape index (κ3) is 5.90. The van der Waals surface area contributed by atoms with Crippen LogP contribution in [0.3, 0.4) is 0 Å². The monoisotopic (exact) mass is 444 g/mol. The largest absolute Gasteiger partial charge is 0.445 e. The molecule has 1 aliphatic rings. The van der Waals surface area contributed by atoms with Gasteiger partial charge in [-0.2, -0.15) is 0 Å². The number of Topliss-reactive ketones (excluding diaryl/α,β-unsaturated/α-hetero) is 1. The molecule has 1 aliphatic heterocycles. The summed E-state index contributed by atoms with van der Waals surface area (Å²) in [6.07, 6.45) is -2.10. The molecule has 0 radical (unpaired) electrons. The van der Waals surface area contributed by atoms with Crippen molar-refractivity contribution in [1.82, 2.24) is 10.2 Å². The molecule has 1 unspecified atom stereocenters. The summed E-state index contributed by atoms with van der Waals surface area (Å²) in [6, 6.07) is 13.8. The zero-order chi connectivity index (χ0) is 23.3. The van der Waals surface area contributed by atoms with Gasteiger partial charge in [0.2, 0.25) is 5.91 Å². The number of hydrogen-bond donors (Lipinski definition) is 1. The summed E-state index contributed by atoms with van der Waals surface area (Å²) in [4.78, 5) is 38.0. The first-order valence-corrected chi connectivity index (χ1v) is 10.4. The quantitative estimate of drug-likeness (QED) is 0.666. The molecule has 32 heavy (non-hydrogen) atoms. The third-order valence-electron chi connectivity index (χ3n) is 5.50. The normalized spacial score (nSPS) is 18.5. The van der Waals surface area contributed by atoms with Gasteiger partial charge in [0, 0.05) is 24.9 Å². The molecule has 0 spiro atoms. The van der Waals surface area contributed by atoms with Crippen LogP contribution in [-0.4, -0.2) is 41.2 Å². The fraction of sp³-hybridized carbons (Fsp3) is 0.375. The molecule has 6 nitrogen and oxygen atoms in total. The first-order valence-electron chi connectivity index (χ1n) is 10.4. The van der Waals surface area contributed by atoms with E-state index < -0.39 is 42.8 Å². The number of ether oxygens (including phenoxy) is 1. The van der Waals surface area contributed by atoms with Crippen LogP contribution in [0.15, 0.2) is 54.6 Å². The highest BCUT2D eigenvalue weighted by atomic mass is 19.3. The van der Waals surface area contributed by atoms with Crippen molar-refractivity contribution in [3.8, 4) is 0 Å². The Bertz CT molecular complexity index is 964. The molecule has 8 heteroatoms. The van der Waals surface area contributed by atoms with Crippen molar-refractivity contribution < 1.29 is 27.9 Å². The van der Waals surface area contributed by atoms with Crippen LogP contribution in [0.25, 0.3) is 0 Å². The van der Waals surface area contributed by atoms with Gasteiger partial charge >= 0.3 is 6.09 Å². The van der Waals surface area contributed by atoms with Gasteiger partial charge in [0.05, 0.1) is 6.04 Å². The lowest BCUT2D eigenvalue weighted by molar-refractivity contribution is -0.136. The Balaban J connectivity index is 1.68. The number of rotatable bonds is 6. The van der Waals surface area contributed by atoms with E-state index in [2.05, 4.69) is 5.32 Å². The Kier molecular flexibility index (Phi) is 7.22. The van der Waals surface area contributed by atoms with Crippen molar-refractivity contribution in [2.75, 3.05) is 6.54 Å². The van der Waals surface area contributed by atoms with Crippen molar-refractivity contribution in [3.63, 3.8) is 0 Å². The molecule has 1 saturated heterocycles. The number of nitrogens with zero attached hydrogens (tertiary/aromatic N) is 1. The van der Waals surface area contributed by atoms with E-state index in [1.807, 2.05) is 6.07 Å². The lowest BCUT2D eigenvalue weighted by Gasteiger charge is -2.38. The number of carbonyl (C=O) groups excluding carboxylic acids is 3. The Labute approximate surface area is 185 Å². The Hall–Kier alpha value is -3.29. The van der Waals surface area contributed by atoms with E-state index in [1.54, 1.807) is 55.5 Å². The number of hydrogen-bond acceptors (Lipinski definition) is 4. The van der Waals surface area contributed by atoms with Gasteiger partial charge in [-0.25, -0.2) is 13.6 Å². The average molecular weight is 444 g/mol. The topological polar surface area (TPSA) is 75.7 Å². The van der Waals surface area contributed by atoms with Crippen LogP contribution in [-0.2, 0) is 16.1 Å². The predicted octanol–water partition coefficient (Wildman–Crippen LogP) is 4.50. The van der Waals surface area contributed by atoms with Crippen LogP contribution < -0.4 is 5.32 Å². The molecule has 2 amide bonds. The molecule has 3 rings (SSSR count). The highest BCUT2D eigenvalue weighted by molar-refractivity contribution is 5.94. The minimum Gasteiger partial charge on any atom is -0.445 e. The van der Waals surface area contributed by atoms with Gasteiger partial charge in [-0.1, -0.05) is 54.6 Å². The van der Waals surface area contributed by atoms with Crippen molar-refractivity contribution in [1.29, 1.82) is 0 Å². The van der Waals surface area contributed by atoms with Gasteiger partial charge in [-0.05, 0) is 25.0 Å². The lowest BCUT2D eigenvalue weighted by Crippen LogP contribution is -2.56. The molecule has 0 aromatic heterocycles. The van der Waals surface area contributed by atoms with Crippen LogP contribution in [0.2, 0.25) is 0 Å². The smallest absolute Gasteiger partial charge is 0.410 e. The van der Waals surface area contributed by atoms with Crippen LogP contribution in [0.5, 0.6) is 0 Å². The second-order valence-corrected chi connectivity index (χ2v) is 7.97. The highest BCUT2D eigenvalue weighted by Crippen LogP contribution is 2.33. The standard InChI is InChI=1S/C24H26F2N2O4/c1-16(19-8-10-20(11-9-19)17(2)29)27-22(30)21-14-24(25,26)12-13-28(21)23(31)32-15-18-6-4-3-5-7-18/h3-11,16,21H,12-15H2,1-2H3,(H,27,30)/t16-,21?/m0/s1. The SMILES string of the molecule is CC(=O)c1ccc([C@H](C)NC(=O)C2CC(F)(F)CCN2C(=O)OCc2ccccc2)cc1. The number of amides is 2. The first-order chi connectivity index (χ1) is 15.2. The number of nitrogens with one attached hydrogen (secondary N) is 1. The maximum absolute atomic E-state index is 14.1. The van der Waals surface area contributed by atoms with Gasteiger partial charge in [0.15, 0.2) is 5.78 Å². The molecule has 0 bridgehead atoms. The van der Waals surface area contributed by atoms with Crippen LogP contribution in [0.1, 0.15) is 54.2 Å². The average Bonchev–Trinajstić information content (AvgIpc) is 2.77. The molecule has 0 aliphatic carbocycles. The van der Waals surface area contributed by atoms with Crippen LogP contribution >= 0.6 is 0 Å². The zero-order valence-electron chi connectivity index (χ0n) is 18.0. The maximum Gasteiger partial charge on any atom is 0.410 e. The number of halogens is 2. The molecule has 170 valence electrons. The lowest BCUT2D eigenvalue weighted by atomic mass is 9.97. The van der Waals surface area contributed by atoms with E-state index in [1.165, 1.54) is 6.92 Å². The van der Waals surface area contributed by atoms with Crippen molar-refractivity contribution in [3.05, 3.63) is 71.3 Å². The molecule has 1 heterocycles. The van der Waals surface area contributed by atoms with Crippen molar-refractivity contribution >= 4 is 17.8 Å². The van der Waals surface area contributed by atoms with Gasteiger partial charge in [0.25, 0.3) is 5.92 Å². The second-order valence-electron chi connectivity index (χ2n) is 7.97. The van der Waals surface area contributed by atoms with Gasteiger partial charge < -0.3 is 10.1 Å². The van der Waals surface area contributed by atoms with Gasteiger partial charge in [-0.3, -0.25) is 14.5 Å². The number of ketones is 1. The minimum absolute atomic E-state index is 0.0141. The summed E-state index contributed by atoms with van der Waals surface area (Å²) in [5.41, 5.74) is 2.00. The molecule has 2 aromatic rings. The summed E-state index contributed by atoms with van der Waals surface area (Å²) in [5, 5.41) is 2.70. The van der Waals surface area contributed by atoms with E-state index in [4.69, 9.17) is 4.74 Å². The minimum atomic E-state index is -3.05. The molecule has 1 fully saturated rings. The summed E-state index contributed by atoms with van der Waals surface area (Å²) in [7, 11) is 0. The summed E-state index contributed by atoms with van der Waals surface area (Å²) >= 11 is 0. The Morgan fingerprint density at radius 3 is 2.41 bits per heavy atom. The molecular formula is C24H26F2N2O4. The number of likely N-dealkylation sites (tertiary alicyclic amines) is 1. The van der Waals surface area contributed by atoms with Crippen LogP contribution in [0.4, 0.5) is 13.6 Å². The summed E-state index contributed by atoms with van der Waals surface area (Å²) < 4.78 is 33.5. The highest BCUT2D eigenvalue weighted by Gasteiger charge is 2.46. The third-order valence-corrected chi connectivity index (χ3v) is 5.50. The number of alkyl halides is 2. The molecular weight excluding hydrogens is 418 g/mol. The Morgan fingerprint density at radius 1 is 1.12 bits per heavy atom. The first kappa shape index (κ1) is 23.4. The van der Waals surface area contributed by atoms with E-state index in [0.29, 0.717) is 11.1 Å². The van der Waals surface area contributed by atoms with E-state index in [9.17, 15) is 23.2 Å². The Morgan fingerprint density at radius 2 is 1.78 bits per heavy atom. The van der Waals surface area contributed by atoms with Crippen LogP contribution in [0, 0.1) is 0 Å². The van der Waals surface area contributed by atoms with Crippen molar-refractivity contribution in [2.24, 2.45) is 0 Å². The molecule has 0 saturated carbocycles. The zero-order valence-corrected chi connectivity index (χ0v) is 18.0. The number of benzene rings is 2. The predicted molar refractivity (Wildman–Crippen MR) is 114 cm³/mol. The summed E-state index contributed by atoms with van der Waals surface area (Å²) in [6.45, 7) is 2.87. The van der Waals surface area contributed by atoms with Gasteiger partial charge in [0.1, 0.15) is 12.6 Å². The molecule has 2 aromatic carbocycles. The fourth-order valence-corrected chi connectivity index (χ4v) is 3.59. The number of carbonyl (C=O) groups is 3. The molecule has 2 atom stereocenters. The van der Waals surface area contributed by atoms with E-state index >= 15 is 0 Å². The van der Waals surface area contributed by atoms with Gasteiger partial charge in [-0.15, -0.1) is 0 Å². The fourth-order valence-electron chi connectivity index (χ4n) is 3.59. The van der Waals surface area contributed by atoms with Crippen molar-refractivity contribution in [2.45, 2.75) is 51.3 Å². The summed E-state index contributed by atoms with van der Waals surface area (Å²) in [5.74, 6) is -3.81. The number of piperidine rings is 1. The van der Waals surface area contributed by atoms with E-state index in [-0.39, 0.29) is 18.9 Å².